The summed E-state index contributed by atoms with van der Waals surface area (Å²) < 4.78 is 7.69. The lowest BCUT2D eigenvalue weighted by atomic mass is 9.83. The molecule has 1 N–H and O–H groups in total. The SMILES string of the molecule is CCCn1cc(C(O)C2C(C)OC(C)C2C)cn1. The van der Waals surface area contributed by atoms with Gasteiger partial charge in [0.15, 0.2) is 0 Å². The molecule has 1 fully saturated rings. The van der Waals surface area contributed by atoms with Gasteiger partial charge in [-0.3, -0.25) is 4.68 Å². The molecule has 18 heavy (non-hydrogen) atoms. The third kappa shape index (κ3) is 2.45. The third-order valence-electron chi connectivity index (χ3n) is 4.13. The lowest BCUT2D eigenvalue weighted by Gasteiger charge is -2.23. The van der Waals surface area contributed by atoms with Gasteiger partial charge in [-0.25, -0.2) is 0 Å². The van der Waals surface area contributed by atoms with Crippen LogP contribution in [0.25, 0.3) is 0 Å². The highest BCUT2D eigenvalue weighted by molar-refractivity contribution is 5.11. The van der Waals surface area contributed by atoms with E-state index in [1.165, 1.54) is 0 Å². The summed E-state index contributed by atoms with van der Waals surface area (Å²) in [5.41, 5.74) is 0.907. The van der Waals surface area contributed by atoms with Gasteiger partial charge < -0.3 is 9.84 Å². The maximum Gasteiger partial charge on any atom is 0.0876 e. The lowest BCUT2D eigenvalue weighted by Crippen LogP contribution is -2.24. The van der Waals surface area contributed by atoms with Crippen LogP contribution in [0.4, 0.5) is 0 Å². The third-order valence-corrected chi connectivity index (χ3v) is 4.13. The van der Waals surface area contributed by atoms with Gasteiger partial charge in [0.1, 0.15) is 0 Å². The minimum Gasteiger partial charge on any atom is -0.388 e. The van der Waals surface area contributed by atoms with E-state index in [0.29, 0.717) is 5.92 Å². The van der Waals surface area contributed by atoms with Crippen molar-refractivity contribution < 1.29 is 9.84 Å². The van der Waals surface area contributed by atoms with Gasteiger partial charge in [0, 0.05) is 24.2 Å². The molecule has 0 saturated carbocycles. The summed E-state index contributed by atoms with van der Waals surface area (Å²) in [6.07, 6.45) is 4.61. The van der Waals surface area contributed by atoms with Crippen LogP contribution in [0.3, 0.4) is 0 Å². The van der Waals surface area contributed by atoms with Crippen LogP contribution in [-0.4, -0.2) is 27.1 Å². The Kier molecular flexibility index (Phi) is 4.07. The molecular formula is C14H24N2O2. The first kappa shape index (κ1) is 13.6. The number of aliphatic hydroxyl groups is 1. The summed E-state index contributed by atoms with van der Waals surface area (Å²) in [6.45, 7) is 9.29. The number of hydrogen-bond donors (Lipinski definition) is 1. The molecule has 0 bridgehead atoms. The molecule has 0 aromatic carbocycles. The van der Waals surface area contributed by atoms with Crippen molar-refractivity contribution in [2.24, 2.45) is 11.8 Å². The second-order valence-corrected chi connectivity index (χ2v) is 5.46. The molecule has 1 saturated heterocycles. The topological polar surface area (TPSA) is 47.3 Å². The van der Waals surface area contributed by atoms with Gasteiger partial charge in [-0.15, -0.1) is 0 Å². The van der Waals surface area contributed by atoms with E-state index in [1.807, 2.05) is 17.8 Å². The van der Waals surface area contributed by atoms with E-state index in [9.17, 15) is 5.11 Å². The molecule has 0 aliphatic carbocycles. The molecule has 2 heterocycles. The van der Waals surface area contributed by atoms with E-state index >= 15 is 0 Å². The fourth-order valence-electron chi connectivity index (χ4n) is 2.94. The van der Waals surface area contributed by atoms with Crippen LogP contribution in [-0.2, 0) is 11.3 Å². The summed E-state index contributed by atoms with van der Waals surface area (Å²) in [4.78, 5) is 0. The molecule has 102 valence electrons. The standard InChI is InChI=1S/C14H24N2O2/c1-5-6-16-8-12(7-15-16)14(17)13-9(2)10(3)18-11(13)4/h7-11,13-14,17H,5-6H2,1-4H3. The molecule has 1 aliphatic heterocycles. The van der Waals surface area contributed by atoms with E-state index < -0.39 is 6.10 Å². The molecule has 5 unspecified atom stereocenters. The monoisotopic (exact) mass is 252 g/mol. The number of ether oxygens (including phenoxy) is 1. The number of nitrogens with zero attached hydrogens (tertiary/aromatic N) is 2. The van der Waals surface area contributed by atoms with Crippen LogP contribution in [0, 0.1) is 11.8 Å². The molecule has 4 heteroatoms. The van der Waals surface area contributed by atoms with E-state index in [4.69, 9.17) is 4.74 Å². The van der Waals surface area contributed by atoms with Crippen molar-refractivity contribution in [3.63, 3.8) is 0 Å². The minimum absolute atomic E-state index is 0.0968. The maximum atomic E-state index is 10.5. The molecule has 1 aromatic heterocycles. The first-order valence-corrected chi connectivity index (χ1v) is 6.90. The van der Waals surface area contributed by atoms with Crippen molar-refractivity contribution in [1.82, 2.24) is 9.78 Å². The van der Waals surface area contributed by atoms with Crippen LogP contribution in [0.1, 0.15) is 45.8 Å². The molecule has 0 amide bonds. The van der Waals surface area contributed by atoms with Gasteiger partial charge in [0.25, 0.3) is 0 Å². The van der Waals surface area contributed by atoms with Crippen LogP contribution >= 0.6 is 0 Å². The van der Waals surface area contributed by atoms with Crippen molar-refractivity contribution in [1.29, 1.82) is 0 Å². The Bertz CT molecular complexity index is 391. The summed E-state index contributed by atoms with van der Waals surface area (Å²) in [5.74, 6) is 0.517. The van der Waals surface area contributed by atoms with Crippen LogP contribution in [0.2, 0.25) is 0 Å². The van der Waals surface area contributed by atoms with Crippen LogP contribution in [0.5, 0.6) is 0 Å². The Morgan fingerprint density at radius 3 is 2.67 bits per heavy atom. The van der Waals surface area contributed by atoms with E-state index in [0.717, 1.165) is 18.5 Å². The van der Waals surface area contributed by atoms with Gasteiger partial charge in [0.05, 0.1) is 24.5 Å². The molecule has 4 nitrogen and oxygen atoms in total. The zero-order valence-electron chi connectivity index (χ0n) is 11.7. The zero-order chi connectivity index (χ0) is 13.3. The Balaban J connectivity index is 2.12. The predicted octanol–water partition coefficient (Wildman–Crippen LogP) is 2.39. The van der Waals surface area contributed by atoms with Gasteiger partial charge in [-0.05, 0) is 26.2 Å². The van der Waals surface area contributed by atoms with Crippen LogP contribution in [0.15, 0.2) is 12.4 Å². The average Bonchev–Trinajstić information content (AvgIpc) is 2.86. The molecule has 1 aromatic rings. The lowest BCUT2D eigenvalue weighted by molar-refractivity contribution is 0.0231. The maximum absolute atomic E-state index is 10.5. The second-order valence-electron chi connectivity index (χ2n) is 5.46. The fourth-order valence-corrected chi connectivity index (χ4v) is 2.94. The van der Waals surface area contributed by atoms with Crippen molar-refractivity contribution in [3.8, 4) is 0 Å². The Labute approximate surface area is 109 Å². The predicted molar refractivity (Wildman–Crippen MR) is 70.1 cm³/mol. The second kappa shape index (κ2) is 5.41. The molecule has 0 radical (unpaired) electrons. The van der Waals surface area contributed by atoms with Gasteiger partial charge in [0.2, 0.25) is 0 Å². The largest absolute Gasteiger partial charge is 0.388 e. The quantitative estimate of drug-likeness (QED) is 0.895. The Hall–Kier alpha value is -0.870. The summed E-state index contributed by atoms with van der Waals surface area (Å²) >= 11 is 0. The van der Waals surface area contributed by atoms with E-state index in [-0.39, 0.29) is 18.1 Å². The van der Waals surface area contributed by atoms with Crippen molar-refractivity contribution >= 4 is 0 Å². The first-order chi connectivity index (χ1) is 8.54. The fraction of sp³-hybridized carbons (Fsp3) is 0.786. The smallest absolute Gasteiger partial charge is 0.0876 e. The number of hydrogen-bond acceptors (Lipinski definition) is 3. The number of aromatic nitrogens is 2. The first-order valence-electron chi connectivity index (χ1n) is 6.90. The zero-order valence-corrected chi connectivity index (χ0v) is 11.7. The molecule has 0 spiro atoms. The van der Waals surface area contributed by atoms with Crippen LogP contribution < -0.4 is 0 Å². The van der Waals surface area contributed by atoms with E-state index in [1.54, 1.807) is 6.20 Å². The van der Waals surface area contributed by atoms with Crippen molar-refractivity contribution in [2.45, 2.75) is 59.0 Å². The van der Waals surface area contributed by atoms with Gasteiger partial charge >= 0.3 is 0 Å². The summed E-state index contributed by atoms with van der Waals surface area (Å²) in [6, 6.07) is 0. The van der Waals surface area contributed by atoms with Crippen molar-refractivity contribution in [3.05, 3.63) is 18.0 Å². The highest BCUT2D eigenvalue weighted by Gasteiger charge is 2.41. The minimum atomic E-state index is -0.481. The van der Waals surface area contributed by atoms with E-state index in [2.05, 4.69) is 25.9 Å². The molecule has 5 atom stereocenters. The molecule has 2 rings (SSSR count). The number of aliphatic hydroxyl groups excluding tert-OH is 1. The highest BCUT2D eigenvalue weighted by atomic mass is 16.5. The average molecular weight is 252 g/mol. The molecular weight excluding hydrogens is 228 g/mol. The Morgan fingerprint density at radius 1 is 1.39 bits per heavy atom. The molecule has 1 aliphatic rings. The van der Waals surface area contributed by atoms with Crippen molar-refractivity contribution in [2.75, 3.05) is 0 Å². The summed E-state index contributed by atoms with van der Waals surface area (Å²) in [7, 11) is 0. The highest BCUT2D eigenvalue weighted by Crippen LogP contribution is 2.40. The Morgan fingerprint density at radius 2 is 2.11 bits per heavy atom. The van der Waals surface area contributed by atoms with Gasteiger partial charge in [-0.1, -0.05) is 13.8 Å². The number of rotatable bonds is 4. The normalized spacial score (nSPS) is 33.8. The van der Waals surface area contributed by atoms with Gasteiger partial charge in [-0.2, -0.15) is 5.10 Å². The number of aryl methyl sites for hydroxylation is 1. The summed E-state index contributed by atoms with van der Waals surface area (Å²) in [5, 5.41) is 14.8.